The van der Waals surface area contributed by atoms with Gasteiger partial charge in [0.2, 0.25) is 0 Å². The Balaban J connectivity index is 1.57. The number of hydrazone groups is 1. The Bertz CT molecular complexity index is 1610. The van der Waals surface area contributed by atoms with Crippen molar-refractivity contribution in [3.63, 3.8) is 0 Å². The third-order valence-corrected chi connectivity index (χ3v) is 7.07. The Labute approximate surface area is 220 Å². The Kier molecular flexibility index (Phi) is 7.43. The summed E-state index contributed by atoms with van der Waals surface area (Å²) < 4.78 is 42.4. The van der Waals surface area contributed by atoms with Gasteiger partial charge in [-0.2, -0.15) is 10.2 Å². The third-order valence-electron chi connectivity index (χ3n) is 5.07. The minimum atomic E-state index is -4.12. The first-order valence-electron chi connectivity index (χ1n) is 10.4. The number of hydrogen-bond acceptors (Lipinski definition) is 7. The molecule has 4 aromatic rings. The molecule has 190 valence electrons. The number of nitro groups is 1. The number of aromatic nitrogens is 2. The fourth-order valence-electron chi connectivity index (χ4n) is 3.23. The lowest BCUT2D eigenvalue weighted by molar-refractivity contribution is -0.384. The summed E-state index contributed by atoms with van der Waals surface area (Å²) in [5.74, 6) is -0.407. The molecule has 2 N–H and O–H groups in total. The highest BCUT2D eigenvalue weighted by Crippen LogP contribution is 2.29. The van der Waals surface area contributed by atoms with Gasteiger partial charge in [0.05, 0.1) is 33.0 Å². The van der Waals surface area contributed by atoms with E-state index in [2.05, 4.69) is 20.3 Å². The van der Waals surface area contributed by atoms with Crippen LogP contribution in [0.3, 0.4) is 0 Å². The van der Waals surface area contributed by atoms with Gasteiger partial charge in [-0.15, -0.1) is 0 Å². The van der Waals surface area contributed by atoms with Crippen molar-refractivity contribution in [2.45, 2.75) is 11.8 Å². The van der Waals surface area contributed by atoms with Gasteiger partial charge in [0.25, 0.3) is 15.7 Å². The number of hydrogen-bond donors (Lipinski definition) is 2. The molecule has 0 spiro atoms. The van der Waals surface area contributed by atoms with Gasteiger partial charge in [-0.3, -0.25) is 20.3 Å². The first-order valence-corrected chi connectivity index (χ1v) is 12.7. The number of rotatable bonds is 8. The van der Waals surface area contributed by atoms with E-state index in [1.165, 1.54) is 71.6 Å². The van der Waals surface area contributed by atoms with E-state index in [1.807, 2.05) is 0 Å². The van der Waals surface area contributed by atoms with Crippen LogP contribution in [0.4, 0.5) is 21.5 Å². The molecule has 1 aromatic heterocycles. The average Bonchev–Trinajstić information content (AvgIpc) is 3.14. The number of benzene rings is 3. The molecule has 0 atom stereocenters. The van der Waals surface area contributed by atoms with Crippen LogP contribution in [0.25, 0.3) is 5.69 Å². The van der Waals surface area contributed by atoms with Gasteiger partial charge in [0, 0.05) is 16.8 Å². The van der Waals surface area contributed by atoms with Crippen molar-refractivity contribution in [2.75, 3.05) is 10.1 Å². The number of nitrogens with zero attached hydrogens (tertiary/aromatic N) is 4. The number of nitro benzene ring substituents is 1. The standard InChI is InChI=1S/C23H17Cl2FN6O4S/c1-14-20(23(25)31(29-14)18-8-4-16(26)5-9-18)13-27-28-21-11-10-19(12-22(21)32(33)34)37(35,36)30-17-6-2-15(24)3-7-17/h2-13,28,30H,1H3/b27-13+. The van der Waals surface area contributed by atoms with Gasteiger partial charge in [-0.25, -0.2) is 17.5 Å². The third kappa shape index (κ3) is 5.88. The van der Waals surface area contributed by atoms with Crippen LogP contribution in [-0.2, 0) is 10.0 Å². The van der Waals surface area contributed by atoms with Crippen LogP contribution < -0.4 is 10.1 Å². The van der Waals surface area contributed by atoms with E-state index in [9.17, 15) is 22.9 Å². The van der Waals surface area contributed by atoms with Crippen LogP contribution in [-0.4, -0.2) is 29.3 Å². The van der Waals surface area contributed by atoms with Gasteiger partial charge in [-0.05, 0) is 67.6 Å². The molecule has 1 heterocycles. The normalized spacial score (nSPS) is 11.6. The highest BCUT2D eigenvalue weighted by molar-refractivity contribution is 7.92. The molecule has 4 rings (SSSR count). The fourth-order valence-corrected chi connectivity index (χ4v) is 4.76. The highest BCUT2D eigenvalue weighted by Gasteiger charge is 2.22. The molecular weight excluding hydrogens is 546 g/mol. The van der Waals surface area contributed by atoms with Crippen LogP contribution in [0.15, 0.2) is 76.7 Å². The molecule has 0 fully saturated rings. The first kappa shape index (κ1) is 26.1. The summed E-state index contributed by atoms with van der Waals surface area (Å²) in [7, 11) is -4.12. The van der Waals surface area contributed by atoms with E-state index in [4.69, 9.17) is 23.2 Å². The lowest BCUT2D eigenvalue weighted by Gasteiger charge is -2.09. The van der Waals surface area contributed by atoms with Gasteiger partial charge in [0.15, 0.2) is 0 Å². The molecule has 0 radical (unpaired) electrons. The molecule has 0 aliphatic heterocycles. The highest BCUT2D eigenvalue weighted by atomic mass is 35.5. The molecule has 14 heteroatoms. The Hall–Kier alpha value is -4.00. The summed E-state index contributed by atoms with van der Waals surface area (Å²) >= 11 is 12.2. The second kappa shape index (κ2) is 10.5. The van der Waals surface area contributed by atoms with E-state index < -0.39 is 26.5 Å². The summed E-state index contributed by atoms with van der Waals surface area (Å²) in [6.45, 7) is 1.68. The van der Waals surface area contributed by atoms with Gasteiger partial charge >= 0.3 is 0 Å². The van der Waals surface area contributed by atoms with Gasteiger partial charge in [-0.1, -0.05) is 23.2 Å². The lowest BCUT2D eigenvalue weighted by atomic mass is 10.3. The van der Waals surface area contributed by atoms with E-state index >= 15 is 0 Å². The smallest absolute Gasteiger partial charge is 0.280 e. The predicted octanol–water partition coefficient (Wildman–Crippen LogP) is 5.78. The second-order valence-electron chi connectivity index (χ2n) is 7.60. The maximum atomic E-state index is 13.2. The van der Waals surface area contributed by atoms with Crippen molar-refractivity contribution in [2.24, 2.45) is 5.10 Å². The molecule has 0 amide bonds. The van der Waals surface area contributed by atoms with Crippen molar-refractivity contribution in [3.8, 4) is 5.69 Å². The summed E-state index contributed by atoms with van der Waals surface area (Å²) in [6.07, 6.45) is 1.32. The Morgan fingerprint density at radius 1 is 1.08 bits per heavy atom. The van der Waals surface area contributed by atoms with Crippen molar-refractivity contribution in [1.29, 1.82) is 0 Å². The van der Waals surface area contributed by atoms with Gasteiger partial charge in [0.1, 0.15) is 16.7 Å². The number of sulfonamides is 1. The molecule has 0 aliphatic carbocycles. The quantitative estimate of drug-likeness (QED) is 0.159. The van der Waals surface area contributed by atoms with E-state index in [0.717, 1.165) is 6.07 Å². The maximum Gasteiger partial charge on any atom is 0.295 e. The van der Waals surface area contributed by atoms with Crippen molar-refractivity contribution in [3.05, 3.63) is 104 Å². The molecule has 0 aliphatic rings. The summed E-state index contributed by atoms with van der Waals surface area (Å²) in [5.41, 5.74) is 3.68. The topological polar surface area (TPSA) is 132 Å². The molecular formula is C23H17Cl2FN6O4S. The average molecular weight is 563 g/mol. The zero-order chi connectivity index (χ0) is 26.7. The summed E-state index contributed by atoms with van der Waals surface area (Å²) in [6, 6.07) is 14.8. The summed E-state index contributed by atoms with van der Waals surface area (Å²) in [4.78, 5) is 10.6. The van der Waals surface area contributed by atoms with E-state index in [1.54, 1.807) is 6.92 Å². The van der Waals surface area contributed by atoms with Crippen molar-refractivity contribution < 1.29 is 17.7 Å². The van der Waals surface area contributed by atoms with E-state index in [-0.39, 0.29) is 21.4 Å². The van der Waals surface area contributed by atoms with Crippen LogP contribution in [0, 0.1) is 22.9 Å². The molecule has 3 aromatic carbocycles. The van der Waals surface area contributed by atoms with Gasteiger partial charge < -0.3 is 0 Å². The monoisotopic (exact) mass is 562 g/mol. The zero-order valence-corrected chi connectivity index (χ0v) is 21.2. The van der Waals surface area contributed by atoms with Crippen molar-refractivity contribution in [1.82, 2.24) is 9.78 Å². The molecule has 0 bridgehead atoms. The molecule has 37 heavy (non-hydrogen) atoms. The Morgan fingerprint density at radius 2 is 1.76 bits per heavy atom. The molecule has 0 unspecified atom stereocenters. The fraction of sp³-hybridized carbons (Fsp3) is 0.0435. The maximum absolute atomic E-state index is 13.2. The van der Waals surface area contributed by atoms with Crippen LogP contribution in [0.2, 0.25) is 10.2 Å². The predicted molar refractivity (Wildman–Crippen MR) is 140 cm³/mol. The van der Waals surface area contributed by atoms with Crippen LogP contribution in [0.5, 0.6) is 0 Å². The van der Waals surface area contributed by atoms with Crippen LogP contribution in [0.1, 0.15) is 11.3 Å². The minimum absolute atomic E-state index is 0.0496. The number of aryl methyl sites for hydroxylation is 1. The van der Waals surface area contributed by atoms with Crippen molar-refractivity contribution >= 4 is 56.5 Å². The number of halogens is 3. The van der Waals surface area contributed by atoms with E-state index in [0.29, 0.717) is 22.0 Å². The zero-order valence-electron chi connectivity index (χ0n) is 18.9. The second-order valence-corrected chi connectivity index (χ2v) is 10.1. The first-order chi connectivity index (χ1) is 17.5. The minimum Gasteiger partial charge on any atom is -0.280 e. The molecule has 0 saturated carbocycles. The molecule has 0 saturated heterocycles. The Morgan fingerprint density at radius 3 is 2.41 bits per heavy atom. The molecule has 10 nitrogen and oxygen atoms in total. The lowest BCUT2D eigenvalue weighted by Crippen LogP contribution is -2.13. The SMILES string of the molecule is Cc1nn(-c2ccc(F)cc2)c(Cl)c1/C=N/Nc1ccc(S(=O)(=O)Nc2ccc(Cl)cc2)cc1[N+](=O)[O-]. The summed E-state index contributed by atoms with van der Waals surface area (Å²) in [5, 5.41) is 20.6. The number of anilines is 2. The largest absolute Gasteiger partial charge is 0.295 e. The van der Waals surface area contributed by atoms with Crippen LogP contribution >= 0.6 is 23.2 Å². The number of nitrogens with one attached hydrogen (secondary N) is 2.